The standard InChI is InChI=1S/C11H17N3O3/c15-10(2-6-14-5-1-4-13-14)12-8-11(16)3-7-17-9-11/h1,4-5,16H,2-3,6-9H2,(H,12,15). The van der Waals surface area contributed by atoms with Crippen LogP contribution >= 0.6 is 0 Å². The van der Waals surface area contributed by atoms with Gasteiger partial charge in [0.25, 0.3) is 0 Å². The summed E-state index contributed by atoms with van der Waals surface area (Å²) in [6, 6.07) is 1.82. The molecule has 2 rings (SSSR count). The average Bonchev–Trinajstić information content (AvgIpc) is 2.95. The monoisotopic (exact) mass is 239 g/mol. The molecule has 6 nitrogen and oxygen atoms in total. The van der Waals surface area contributed by atoms with E-state index >= 15 is 0 Å². The Bertz CT molecular complexity index is 358. The molecule has 1 aliphatic rings. The van der Waals surface area contributed by atoms with Gasteiger partial charge in [0.1, 0.15) is 5.60 Å². The molecule has 2 N–H and O–H groups in total. The Morgan fingerprint density at radius 1 is 1.65 bits per heavy atom. The Hall–Kier alpha value is -1.40. The third-order valence-electron chi connectivity index (χ3n) is 2.82. The van der Waals surface area contributed by atoms with Gasteiger partial charge in [-0.25, -0.2) is 0 Å². The van der Waals surface area contributed by atoms with Crippen molar-refractivity contribution in [2.45, 2.75) is 25.0 Å². The first-order valence-corrected chi connectivity index (χ1v) is 5.72. The first-order chi connectivity index (χ1) is 8.18. The van der Waals surface area contributed by atoms with Gasteiger partial charge in [-0.1, -0.05) is 0 Å². The zero-order valence-electron chi connectivity index (χ0n) is 9.63. The van der Waals surface area contributed by atoms with Gasteiger partial charge in [0.15, 0.2) is 0 Å². The number of carbonyl (C=O) groups excluding carboxylic acids is 1. The van der Waals surface area contributed by atoms with E-state index in [1.807, 2.05) is 12.3 Å². The Balaban J connectivity index is 1.67. The van der Waals surface area contributed by atoms with Crippen LogP contribution in [0.1, 0.15) is 12.8 Å². The lowest BCUT2D eigenvalue weighted by molar-refractivity contribution is -0.122. The molecule has 1 unspecified atom stereocenters. The normalized spacial score (nSPS) is 23.8. The van der Waals surface area contributed by atoms with E-state index in [1.54, 1.807) is 10.9 Å². The second kappa shape index (κ2) is 5.29. The summed E-state index contributed by atoms with van der Waals surface area (Å²) < 4.78 is 6.80. The molecule has 17 heavy (non-hydrogen) atoms. The van der Waals surface area contributed by atoms with Gasteiger partial charge in [-0.3, -0.25) is 9.48 Å². The molecule has 2 heterocycles. The molecule has 1 aromatic heterocycles. The van der Waals surface area contributed by atoms with E-state index in [4.69, 9.17) is 4.74 Å². The molecule has 1 aromatic rings. The van der Waals surface area contributed by atoms with Gasteiger partial charge < -0.3 is 15.2 Å². The van der Waals surface area contributed by atoms with Crippen LogP contribution < -0.4 is 5.32 Å². The molecular weight excluding hydrogens is 222 g/mol. The SMILES string of the molecule is O=C(CCn1cccn1)NCC1(O)CCOC1. The molecule has 1 saturated heterocycles. The van der Waals surface area contributed by atoms with Crippen LogP contribution in [-0.2, 0) is 16.1 Å². The summed E-state index contributed by atoms with van der Waals surface area (Å²) in [7, 11) is 0. The zero-order chi connectivity index (χ0) is 12.1. The van der Waals surface area contributed by atoms with Crippen molar-refractivity contribution in [2.75, 3.05) is 19.8 Å². The van der Waals surface area contributed by atoms with Crippen molar-refractivity contribution in [1.29, 1.82) is 0 Å². The van der Waals surface area contributed by atoms with Gasteiger partial charge in [0, 0.05) is 44.9 Å². The van der Waals surface area contributed by atoms with Crippen LogP contribution in [0.15, 0.2) is 18.5 Å². The summed E-state index contributed by atoms with van der Waals surface area (Å²) in [5, 5.41) is 16.7. The van der Waals surface area contributed by atoms with Crippen LogP contribution in [0.5, 0.6) is 0 Å². The van der Waals surface area contributed by atoms with E-state index in [-0.39, 0.29) is 12.5 Å². The molecule has 1 amide bonds. The molecule has 0 spiro atoms. The Kier molecular flexibility index (Phi) is 3.75. The van der Waals surface area contributed by atoms with Gasteiger partial charge in [-0.2, -0.15) is 5.10 Å². The lowest BCUT2D eigenvalue weighted by atomic mass is 10.0. The number of aromatic nitrogens is 2. The first kappa shape index (κ1) is 12.1. The maximum atomic E-state index is 11.5. The lowest BCUT2D eigenvalue weighted by Gasteiger charge is -2.20. The molecule has 0 radical (unpaired) electrons. The van der Waals surface area contributed by atoms with Gasteiger partial charge in [-0.15, -0.1) is 0 Å². The fourth-order valence-corrected chi connectivity index (χ4v) is 1.74. The molecule has 1 aliphatic heterocycles. The van der Waals surface area contributed by atoms with Crippen molar-refractivity contribution >= 4 is 5.91 Å². The highest BCUT2D eigenvalue weighted by Gasteiger charge is 2.32. The summed E-state index contributed by atoms with van der Waals surface area (Å²) in [6.45, 7) is 1.66. The smallest absolute Gasteiger partial charge is 0.221 e. The molecule has 0 aromatic carbocycles. The van der Waals surface area contributed by atoms with Crippen molar-refractivity contribution in [1.82, 2.24) is 15.1 Å². The average molecular weight is 239 g/mol. The van der Waals surface area contributed by atoms with Crippen molar-refractivity contribution in [3.63, 3.8) is 0 Å². The fourth-order valence-electron chi connectivity index (χ4n) is 1.74. The highest BCUT2D eigenvalue weighted by Crippen LogP contribution is 2.16. The van der Waals surface area contributed by atoms with E-state index in [9.17, 15) is 9.90 Å². The van der Waals surface area contributed by atoms with Crippen LogP contribution in [-0.4, -0.2) is 46.2 Å². The van der Waals surface area contributed by atoms with Crippen molar-refractivity contribution < 1.29 is 14.6 Å². The van der Waals surface area contributed by atoms with Gasteiger partial charge in [-0.05, 0) is 6.07 Å². The predicted octanol–water partition coefficient (Wildman–Crippen LogP) is -0.459. The second-order valence-electron chi connectivity index (χ2n) is 4.32. The zero-order valence-corrected chi connectivity index (χ0v) is 9.63. The third kappa shape index (κ3) is 3.54. The fraction of sp³-hybridized carbons (Fsp3) is 0.636. The summed E-state index contributed by atoms with van der Waals surface area (Å²) in [5.74, 6) is -0.0826. The lowest BCUT2D eigenvalue weighted by Crippen LogP contribution is -2.43. The van der Waals surface area contributed by atoms with Crippen molar-refractivity contribution in [2.24, 2.45) is 0 Å². The van der Waals surface area contributed by atoms with Crippen molar-refractivity contribution in [3.05, 3.63) is 18.5 Å². The number of nitrogens with one attached hydrogen (secondary N) is 1. The Morgan fingerprint density at radius 3 is 3.18 bits per heavy atom. The maximum Gasteiger partial charge on any atom is 0.221 e. The van der Waals surface area contributed by atoms with E-state index in [0.717, 1.165) is 0 Å². The number of aryl methyl sites for hydroxylation is 1. The summed E-state index contributed by atoms with van der Waals surface area (Å²) in [6.07, 6.45) is 4.42. The van der Waals surface area contributed by atoms with E-state index in [2.05, 4.69) is 10.4 Å². The third-order valence-corrected chi connectivity index (χ3v) is 2.82. The number of hydrogen-bond donors (Lipinski definition) is 2. The topological polar surface area (TPSA) is 76.4 Å². The molecule has 0 saturated carbocycles. The molecule has 1 fully saturated rings. The number of aliphatic hydroxyl groups is 1. The summed E-state index contributed by atoms with van der Waals surface area (Å²) in [5.41, 5.74) is -0.888. The van der Waals surface area contributed by atoms with Crippen LogP contribution in [0.4, 0.5) is 0 Å². The summed E-state index contributed by atoms with van der Waals surface area (Å²) >= 11 is 0. The minimum atomic E-state index is -0.888. The van der Waals surface area contributed by atoms with Gasteiger partial charge in [0.2, 0.25) is 5.91 Å². The van der Waals surface area contributed by atoms with Crippen LogP contribution in [0, 0.1) is 0 Å². The number of rotatable bonds is 5. The Morgan fingerprint density at radius 2 is 2.53 bits per heavy atom. The predicted molar refractivity (Wildman–Crippen MR) is 60.2 cm³/mol. The Labute approximate surface area is 99.6 Å². The molecule has 0 bridgehead atoms. The van der Waals surface area contributed by atoms with Crippen LogP contribution in [0.2, 0.25) is 0 Å². The van der Waals surface area contributed by atoms with Gasteiger partial charge in [0.05, 0.1) is 6.61 Å². The molecule has 0 aliphatic carbocycles. The number of hydrogen-bond acceptors (Lipinski definition) is 4. The molecule has 6 heteroatoms. The first-order valence-electron chi connectivity index (χ1n) is 5.72. The summed E-state index contributed by atoms with van der Waals surface area (Å²) in [4.78, 5) is 11.5. The maximum absolute atomic E-state index is 11.5. The second-order valence-corrected chi connectivity index (χ2v) is 4.32. The largest absolute Gasteiger partial charge is 0.386 e. The minimum absolute atomic E-state index is 0.0826. The van der Waals surface area contributed by atoms with Crippen LogP contribution in [0.25, 0.3) is 0 Å². The number of nitrogens with zero attached hydrogens (tertiary/aromatic N) is 2. The molecule has 1 atom stereocenters. The minimum Gasteiger partial charge on any atom is -0.386 e. The van der Waals surface area contributed by atoms with Crippen molar-refractivity contribution in [3.8, 4) is 0 Å². The number of ether oxygens (including phenoxy) is 1. The highest BCUT2D eigenvalue weighted by atomic mass is 16.5. The van der Waals surface area contributed by atoms with E-state index in [1.165, 1.54) is 0 Å². The number of carbonyl (C=O) groups is 1. The highest BCUT2D eigenvalue weighted by molar-refractivity contribution is 5.75. The van der Waals surface area contributed by atoms with E-state index in [0.29, 0.717) is 32.6 Å². The quantitative estimate of drug-likeness (QED) is 0.729. The van der Waals surface area contributed by atoms with Crippen LogP contribution in [0.3, 0.4) is 0 Å². The molecule has 94 valence electrons. The molecular formula is C11H17N3O3. The number of amides is 1. The van der Waals surface area contributed by atoms with Gasteiger partial charge >= 0.3 is 0 Å². The van der Waals surface area contributed by atoms with E-state index < -0.39 is 5.60 Å².